The van der Waals surface area contributed by atoms with E-state index in [1.165, 1.54) is 12.1 Å². The number of H-pyrrole nitrogens is 2. The van der Waals surface area contributed by atoms with Gasteiger partial charge >= 0.3 is 0 Å². The molecule has 0 atom stereocenters. The first-order valence-corrected chi connectivity index (χ1v) is 10.1. The first kappa shape index (κ1) is 21.1. The Morgan fingerprint density at radius 3 is 2.81 bits per heavy atom. The molecule has 0 bridgehead atoms. The maximum absolute atomic E-state index is 14.8. The molecule has 164 valence electrons. The number of carbonyl (C=O) groups is 1. The number of nitrogens with one attached hydrogen (secondary N) is 3. The summed E-state index contributed by atoms with van der Waals surface area (Å²) in [7, 11) is 0. The lowest BCUT2D eigenvalue weighted by atomic mass is 9.99. The summed E-state index contributed by atoms with van der Waals surface area (Å²) in [6.07, 6.45) is 2.40. The van der Waals surface area contributed by atoms with Crippen LogP contribution in [-0.4, -0.2) is 27.6 Å². The van der Waals surface area contributed by atoms with E-state index in [1.54, 1.807) is 36.5 Å². The topological polar surface area (TPSA) is 126 Å². The van der Waals surface area contributed by atoms with Crippen molar-refractivity contribution in [3.05, 3.63) is 76.1 Å². The van der Waals surface area contributed by atoms with Gasteiger partial charge in [0, 0.05) is 29.3 Å². The number of aromatic nitrogens is 3. The third-order valence-electron chi connectivity index (χ3n) is 5.03. The molecule has 0 aliphatic rings. The van der Waals surface area contributed by atoms with Crippen molar-refractivity contribution in [2.45, 2.75) is 20.0 Å². The minimum Gasteiger partial charge on any atom is -0.487 e. The zero-order valence-corrected chi connectivity index (χ0v) is 17.4. The highest BCUT2D eigenvalue weighted by atomic mass is 19.1. The SMILES string of the molecule is CCCNC(=O)c1c(N)c2cccc(-c3cc(OCc4cc[nH]n4)ccc3F)c2[nH]c1=O. The van der Waals surface area contributed by atoms with Crippen molar-refractivity contribution in [3.63, 3.8) is 0 Å². The molecule has 0 unspecified atom stereocenters. The van der Waals surface area contributed by atoms with Crippen LogP contribution < -0.4 is 21.3 Å². The molecule has 0 saturated heterocycles. The minimum absolute atomic E-state index is 0.0468. The molecule has 32 heavy (non-hydrogen) atoms. The summed E-state index contributed by atoms with van der Waals surface area (Å²) in [5.74, 6) is -0.598. The van der Waals surface area contributed by atoms with Crippen molar-refractivity contribution in [1.29, 1.82) is 0 Å². The van der Waals surface area contributed by atoms with Crippen LogP contribution in [0.3, 0.4) is 0 Å². The molecule has 8 nitrogen and oxygen atoms in total. The second kappa shape index (κ2) is 8.93. The van der Waals surface area contributed by atoms with Gasteiger partial charge in [0.25, 0.3) is 11.5 Å². The number of benzene rings is 2. The van der Waals surface area contributed by atoms with Crippen molar-refractivity contribution in [1.82, 2.24) is 20.5 Å². The average Bonchev–Trinajstić information content (AvgIpc) is 3.31. The number of ether oxygens (including phenoxy) is 1. The predicted octanol–water partition coefficient (Wildman–Crippen LogP) is 3.36. The number of fused-ring (bicyclic) bond motifs is 1. The van der Waals surface area contributed by atoms with Crippen LogP contribution in [0.2, 0.25) is 0 Å². The van der Waals surface area contributed by atoms with E-state index >= 15 is 0 Å². The minimum atomic E-state index is -0.637. The Kier molecular flexibility index (Phi) is 5.89. The monoisotopic (exact) mass is 435 g/mol. The number of nitrogens with two attached hydrogens (primary N) is 1. The second-order valence-corrected chi connectivity index (χ2v) is 7.22. The highest BCUT2D eigenvalue weighted by Gasteiger charge is 2.20. The van der Waals surface area contributed by atoms with Gasteiger partial charge in [-0.2, -0.15) is 5.10 Å². The molecule has 2 aromatic carbocycles. The van der Waals surface area contributed by atoms with Crippen LogP contribution in [0.15, 0.2) is 53.5 Å². The molecule has 5 N–H and O–H groups in total. The average molecular weight is 435 g/mol. The largest absolute Gasteiger partial charge is 0.487 e. The fourth-order valence-corrected chi connectivity index (χ4v) is 3.45. The second-order valence-electron chi connectivity index (χ2n) is 7.22. The first-order chi connectivity index (χ1) is 15.5. The van der Waals surface area contributed by atoms with Gasteiger partial charge in [-0.3, -0.25) is 14.7 Å². The van der Waals surface area contributed by atoms with E-state index in [9.17, 15) is 14.0 Å². The third-order valence-corrected chi connectivity index (χ3v) is 5.03. The Labute approximate surface area is 182 Å². The molecule has 0 spiro atoms. The highest BCUT2D eigenvalue weighted by molar-refractivity contribution is 6.08. The first-order valence-electron chi connectivity index (χ1n) is 10.1. The normalized spacial score (nSPS) is 10.9. The van der Waals surface area contributed by atoms with E-state index in [-0.39, 0.29) is 23.4 Å². The molecular formula is C23H22FN5O3. The Morgan fingerprint density at radius 2 is 2.06 bits per heavy atom. The van der Waals surface area contributed by atoms with Crippen LogP contribution in [-0.2, 0) is 6.61 Å². The molecule has 0 saturated carbocycles. The smallest absolute Gasteiger partial charge is 0.263 e. The van der Waals surface area contributed by atoms with Crippen molar-refractivity contribution < 1.29 is 13.9 Å². The zero-order valence-electron chi connectivity index (χ0n) is 17.4. The van der Waals surface area contributed by atoms with Crippen molar-refractivity contribution in [2.24, 2.45) is 0 Å². The number of hydrogen-bond acceptors (Lipinski definition) is 5. The fraction of sp³-hybridized carbons (Fsp3) is 0.174. The van der Waals surface area contributed by atoms with E-state index in [0.717, 1.165) is 6.42 Å². The molecule has 2 heterocycles. The van der Waals surface area contributed by atoms with E-state index in [2.05, 4.69) is 20.5 Å². The molecule has 0 radical (unpaired) electrons. The summed E-state index contributed by atoms with van der Waals surface area (Å²) >= 11 is 0. The number of aromatic amines is 2. The van der Waals surface area contributed by atoms with Crippen LogP contribution in [0.25, 0.3) is 22.0 Å². The number of anilines is 1. The van der Waals surface area contributed by atoms with Crippen LogP contribution >= 0.6 is 0 Å². The molecular weight excluding hydrogens is 413 g/mol. The zero-order chi connectivity index (χ0) is 22.7. The van der Waals surface area contributed by atoms with Gasteiger partial charge in [0.05, 0.1) is 16.9 Å². The summed E-state index contributed by atoms with van der Waals surface area (Å²) in [5.41, 5.74) is 7.15. The van der Waals surface area contributed by atoms with Gasteiger partial charge in [-0.15, -0.1) is 0 Å². The molecule has 9 heteroatoms. The maximum atomic E-state index is 14.8. The number of carbonyl (C=O) groups excluding carboxylic acids is 1. The van der Waals surface area contributed by atoms with Gasteiger partial charge in [0.2, 0.25) is 0 Å². The molecule has 0 fully saturated rings. The number of para-hydroxylation sites is 1. The molecule has 0 aliphatic heterocycles. The Hall–Kier alpha value is -4.14. The lowest BCUT2D eigenvalue weighted by Crippen LogP contribution is -2.31. The lowest BCUT2D eigenvalue weighted by Gasteiger charge is -2.13. The van der Waals surface area contributed by atoms with E-state index in [4.69, 9.17) is 10.5 Å². The number of halogens is 1. The van der Waals surface area contributed by atoms with Gasteiger partial charge in [0.15, 0.2) is 0 Å². The Bertz CT molecular complexity index is 1330. The van der Waals surface area contributed by atoms with Crippen molar-refractivity contribution in [2.75, 3.05) is 12.3 Å². The summed E-state index contributed by atoms with van der Waals surface area (Å²) in [5, 5.41) is 9.83. The van der Waals surface area contributed by atoms with Crippen molar-refractivity contribution in [3.8, 4) is 16.9 Å². The van der Waals surface area contributed by atoms with Crippen LogP contribution in [0.5, 0.6) is 5.75 Å². The predicted molar refractivity (Wildman–Crippen MR) is 120 cm³/mol. The van der Waals surface area contributed by atoms with E-state index in [1.807, 2.05) is 6.92 Å². The van der Waals surface area contributed by atoms with E-state index < -0.39 is 17.3 Å². The van der Waals surface area contributed by atoms with Gasteiger partial charge < -0.3 is 20.8 Å². The number of nitrogens with zero attached hydrogens (tertiary/aromatic N) is 1. The lowest BCUT2D eigenvalue weighted by molar-refractivity contribution is 0.0953. The van der Waals surface area contributed by atoms with Gasteiger partial charge in [-0.1, -0.05) is 25.1 Å². The van der Waals surface area contributed by atoms with Crippen molar-refractivity contribution >= 4 is 22.5 Å². The van der Waals surface area contributed by atoms with Gasteiger partial charge in [-0.05, 0) is 30.7 Å². The summed E-state index contributed by atoms with van der Waals surface area (Å²) in [4.78, 5) is 27.8. The molecule has 1 amide bonds. The molecule has 4 aromatic rings. The molecule has 0 aliphatic carbocycles. The number of rotatable bonds is 7. The summed E-state index contributed by atoms with van der Waals surface area (Å²) in [6, 6.07) is 11.2. The third kappa shape index (κ3) is 4.04. The van der Waals surface area contributed by atoms with Gasteiger partial charge in [-0.25, -0.2) is 4.39 Å². The van der Waals surface area contributed by atoms with E-state index in [0.29, 0.717) is 34.5 Å². The van der Waals surface area contributed by atoms with Crippen LogP contribution in [0, 0.1) is 5.82 Å². The van der Waals surface area contributed by atoms with Gasteiger partial charge in [0.1, 0.15) is 23.7 Å². The highest BCUT2D eigenvalue weighted by Crippen LogP contribution is 2.34. The quantitative estimate of drug-likeness (QED) is 0.354. The summed E-state index contributed by atoms with van der Waals surface area (Å²) < 4.78 is 20.5. The Balaban J connectivity index is 1.77. The number of hydrogen-bond donors (Lipinski definition) is 4. The number of pyridine rings is 1. The number of nitrogen functional groups attached to an aromatic ring is 1. The number of amides is 1. The summed E-state index contributed by atoms with van der Waals surface area (Å²) in [6.45, 7) is 2.54. The van der Waals surface area contributed by atoms with Crippen LogP contribution in [0.4, 0.5) is 10.1 Å². The fourth-order valence-electron chi connectivity index (χ4n) is 3.45. The standard InChI is InChI=1S/C23H22FN5O3/c1-2-9-26-22(30)19-20(25)16-5-3-4-15(21(16)28-23(19)31)17-11-14(6-7-18(17)24)32-12-13-8-10-27-29-13/h3-8,10-11H,2,9,12H2,1H3,(H,26,30)(H,27,29)(H3,25,28,31). The van der Waals surface area contributed by atoms with Crippen LogP contribution in [0.1, 0.15) is 29.4 Å². The molecule has 4 rings (SSSR count). The molecule has 2 aromatic heterocycles. The maximum Gasteiger partial charge on any atom is 0.263 e. The Morgan fingerprint density at radius 1 is 1.22 bits per heavy atom.